The maximum Gasteiger partial charge on any atom is 0.155 e. The second-order valence-corrected chi connectivity index (χ2v) is 8.65. The van der Waals surface area contributed by atoms with Gasteiger partial charge in [-0.15, -0.1) is 0 Å². The molecule has 0 spiro atoms. The molecule has 0 saturated heterocycles. The minimum atomic E-state index is -0.214. The summed E-state index contributed by atoms with van der Waals surface area (Å²) in [5, 5.41) is 0. The molecule has 0 heterocycles. The van der Waals surface area contributed by atoms with Crippen molar-refractivity contribution in [2.75, 3.05) is 13.2 Å². The van der Waals surface area contributed by atoms with E-state index in [2.05, 4.69) is 59.7 Å². The lowest BCUT2D eigenvalue weighted by atomic mass is 9.79. The maximum atomic E-state index is 6.20. The van der Waals surface area contributed by atoms with E-state index >= 15 is 0 Å². The van der Waals surface area contributed by atoms with Gasteiger partial charge in [-0.1, -0.05) is 59.7 Å². The van der Waals surface area contributed by atoms with E-state index in [1.807, 2.05) is 20.8 Å². The molecule has 0 bridgehead atoms. The molecule has 3 heteroatoms. The predicted molar refractivity (Wildman–Crippen MR) is 101 cm³/mol. The number of para-hydroxylation sites is 1. The van der Waals surface area contributed by atoms with Crippen molar-refractivity contribution in [3.05, 3.63) is 29.3 Å². The zero-order chi connectivity index (χ0) is 18.5. The van der Waals surface area contributed by atoms with Crippen molar-refractivity contribution in [1.82, 2.24) is 0 Å². The topological polar surface area (TPSA) is 27.7 Å². The number of hydrogen-bond donors (Lipinski definition) is 0. The zero-order valence-corrected chi connectivity index (χ0v) is 17.0. The first-order valence-electron chi connectivity index (χ1n) is 8.96. The van der Waals surface area contributed by atoms with Crippen molar-refractivity contribution in [1.29, 1.82) is 0 Å². The van der Waals surface area contributed by atoms with E-state index in [1.165, 1.54) is 11.1 Å². The molecule has 0 aliphatic heterocycles. The third-order valence-corrected chi connectivity index (χ3v) is 3.78. The van der Waals surface area contributed by atoms with Crippen molar-refractivity contribution in [2.45, 2.75) is 85.5 Å². The third-order valence-electron chi connectivity index (χ3n) is 3.78. The number of benzene rings is 1. The van der Waals surface area contributed by atoms with E-state index in [9.17, 15) is 0 Å². The summed E-state index contributed by atoms with van der Waals surface area (Å²) in [5.41, 5.74) is 2.54. The summed E-state index contributed by atoms with van der Waals surface area (Å²) >= 11 is 0. The van der Waals surface area contributed by atoms with E-state index in [0.717, 1.165) is 5.75 Å². The largest absolute Gasteiger partial charge is 0.491 e. The highest BCUT2D eigenvalue weighted by atomic mass is 16.7. The number of rotatable bonds is 7. The van der Waals surface area contributed by atoms with Crippen LogP contribution in [0.1, 0.15) is 73.4 Å². The van der Waals surface area contributed by atoms with Gasteiger partial charge in [-0.3, -0.25) is 0 Å². The number of hydrogen-bond acceptors (Lipinski definition) is 3. The molecule has 1 aromatic rings. The molecule has 0 N–H and O–H groups in total. The highest BCUT2D eigenvalue weighted by molar-refractivity contribution is 5.48. The summed E-state index contributed by atoms with van der Waals surface area (Å²) < 4.78 is 17.5. The van der Waals surface area contributed by atoms with E-state index in [-0.39, 0.29) is 23.2 Å². The molecular formula is C21H36O3. The van der Waals surface area contributed by atoms with Crippen LogP contribution in [-0.2, 0) is 20.3 Å². The Morgan fingerprint density at radius 3 is 1.75 bits per heavy atom. The molecule has 0 fully saturated rings. The smallest absolute Gasteiger partial charge is 0.155 e. The van der Waals surface area contributed by atoms with Crippen LogP contribution in [0.2, 0.25) is 0 Å². The average Bonchev–Trinajstić information content (AvgIpc) is 2.40. The molecule has 0 aromatic heterocycles. The van der Waals surface area contributed by atoms with Gasteiger partial charge in [0.2, 0.25) is 0 Å². The molecule has 24 heavy (non-hydrogen) atoms. The average molecular weight is 337 g/mol. The Morgan fingerprint density at radius 1 is 0.833 bits per heavy atom. The maximum absolute atomic E-state index is 6.20. The van der Waals surface area contributed by atoms with Gasteiger partial charge in [0.1, 0.15) is 12.4 Å². The van der Waals surface area contributed by atoms with Gasteiger partial charge in [-0.25, -0.2) is 0 Å². The Hall–Kier alpha value is -1.06. The number of ether oxygens (including phenoxy) is 3. The molecule has 0 aliphatic rings. The molecule has 1 aromatic carbocycles. The first kappa shape index (κ1) is 21.0. The molecule has 0 saturated carbocycles. The molecule has 138 valence electrons. The third kappa shape index (κ3) is 6.45. The second-order valence-electron chi connectivity index (χ2n) is 8.65. The Balaban J connectivity index is 2.85. The van der Waals surface area contributed by atoms with E-state index in [0.29, 0.717) is 13.2 Å². The minimum Gasteiger partial charge on any atom is -0.491 e. The van der Waals surface area contributed by atoms with Crippen LogP contribution in [0.3, 0.4) is 0 Å². The van der Waals surface area contributed by atoms with Gasteiger partial charge in [0.15, 0.2) is 6.29 Å². The van der Waals surface area contributed by atoms with Crippen molar-refractivity contribution in [3.63, 3.8) is 0 Å². The van der Waals surface area contributed by atoms with Crippen molar-refractivity contribution in [2.24, 2.45) is 0 Å². The Labute approximate surface area is 148 Å². The Bertz CT molecular complexity index is 475. The monoisotopic (exact) mass is 336 g/mol. The van der Waals surface area contributed by atoms with Gasteiger partial charge in [0.25, 0.3) is 0 Å². The second kappa shape index (κ2) is 8.35. The van der Waals surface area contributed by atoms with Crippen molar-refractivity contribution >= 4 is 0 Å². The lowest BCUT2D eigenvalue weighted by Gasteiger charge is -2.29. The van der Waals surface area contributed by atoms with Gasteiger partial charge >= 0.3 is 0 Å². The molecule has 0 amide bonds. The van der Waals surface area contributed by atoms with Gasteiger partial charge in [-0.05, 0) is 42.7 Å². The summed E-state index contributed by atoms with van der Waals surface area (Å²) in [6.45, 7) is 20.3. The van der Waals surface area contributed by atoms with Gasteiger partial charge in [0, 0.05) is 0 Å². The zero-order valence-electron chi connectivity index (χ0n) is 17.0. The lowest BCUT2D eigenvalue weighted by molar-refractivity contribution is -0.154. The van der Waals surface area contributed by atoms with Crippen LogP contribution in [0.15, 0.2) is 18.2 Å². The van der Waals surface area contributed by atoms with E-state index < -0.39 is 0 Å². The lowest BCUT2D eigenvalue weighted by Crippen LogP contribution is -2.23. The fourth-order valence-electron chi connectivity index (χ4n) is 2.65. The summed E-state index contributed by atoms with van der Waals surface area (Å²) in [6, 6.07) is 6.45. The van der Waals surface area contributed by atoms with Crippen LogP contribution in [0.25, 0.3) is 0 Å². The fraction of sp³-hybridized carbons (Fsp3) is 0.714. The first-order chi connectivity index (χ1) is 10.9. The summed E-state index contributed by atoms with van der Waals surface area (Å²) in [7, 11) is 0. The minimum absolute atomic E-state index is 0.0332. The van der Waals surface area contributed by atoms with Crippen molar-refractivity contribution in [3.8, 4) is 5.75 Å². The van der Waals surface area contributed by atoms with Crippen LogP contribution >= 0.6 is 0 Å². The van der Waals surface area contributed by atoms with Gasteiger partial charge in [0.05, 0.1) is 12.7 Å². The van der Waals surface area contributed by atoms with Crippen LogP contribution in [0.4, 0.5) is 0 Å². The summed E-state index contributed by atoms with van der Waals surface area (Å²) in [6.07, 6.45) is -0.0522. The molecule has 0 radical (unpaired) electrons. The SMILES string of the molecule is CC(C)OC(C)OCCOc1c(C(C)(C)C)cccc1C(C)(C)C. The molecule has 3 nitrogen and oxygen atoms in total. The first-order valence-corrected chi connectivity index (χ1v) is 8.96. The molecule has 1 rings (SSSR count). The van der Waals surface area contributed by atoms with Crippen LogP contribution < -0.4 is 4.74 Å². The highest BCUT2D eigenvalue weighted by Crippen LogP contribution is 2.39. The predicted octanol–water partition coefficient (Wildman–Crippen LogP) is 5.45. The molecule has 0 aliphatic carbocycles. The van der Waals surface area contributed by atoms with Crippen LogP contribution in [-0.4, -0.2) is 25.6 Å². The highest BCUT2D eigenvalue weighted by Gasteiger charge is 2.26. The summed E-state index contributed by atoms with van der Waals surface area (Å²) in [5.74, 6) is 0.999. The van der Waals surface area contributed by atoms with Crippen molar-refractivity contribution < 1.29 is 14.2 Å². The normalized spacial score (nSPS) is 14.1. The van der Waals surface area contributed by atoms with Gasteiger partial charge in [-0.2, -0.15) is 0 Å². The van der Waals surface area contributed by atoms with E-state index in [1.54, 1.807) is 0 Å². The Kier molecular flexibility index (Phi) is 7.30. The molecule has 1 unspecified atom stereocenters. The van der Waals surface area contributed by atoms with Gasteiger partial charge < -0.3 is 14.2 Å². The summed E-state index contributed by atoms with van der Waals surface area (Å²) in [4.78, 5) is 0. The van der Waals surface area contributed by atoms with E-state index in [4.69, 9.17) is 14.2 Å². The Morgan fingerprint density at radius 2 is 1.33 bits per heavy atom. The molecule has 1 atom stereocenters. The molecular weight excluding hydrogens is 300 g/mol. The van der Waals surface area contributed by atoms with Crippen LogP contribution in [0, 0.1) is 0 Å². The fourth-order valence-corrected chi connectivity index (χ4v) is 2.65. The van der Waals surface area contributed by atoms with Crippen LogP contribution in [0.5, 0.6) is 5.75 Å². The standard InChI is InChI=1S/C21H36O3/c1-15(2)24-16(3)22-13-14-23-19-17(20(4,5)6)11-10-12-18(19)21(7,8)9/h10-12,15-16H,13-14H2,1-9H3. The quantitative estimate of drug-likeness (QED) is 0.489.